The molecule has 0 radical (unpaired) electrons. The minimum absolute atomic E-state index is 0.234. The molecule has 1 aliphatic carbocycles. The molecule has 0 saturated heterocycles. The van der Waals surface area contributed by atoms with Gasteiger partial charge in [0, 0.05) is 11.6 Å². The number of hydrogen-bond donors (Lipinski definition) is 2. The van der Waals surface area contributed by atoms with Gasteiger partial charge in [-0.1, -0.05) is 23.5 Å². The third-order valence-electron chi connectivity index (χ3n) is 3.49. The van der Waals surface area contributed by atoms with Crippen LogP contribution in [0.5, 0.6) is 10.9 Å². The summed E-state index contributed by atoms with van der Waals surface area (Å²) >= 11 is 1.44. The van der Waals surface area contributed by atoms with Crippen LogP contribution in [0.25, 0.3) is 0 Å². The van der Waals surface area contributed by atoms with Crippen molar-refractivity contribution in [1.29, 1.82) is 0 Å². The lowest BCUT2D eigenvalue weighted by atomic mass is 10.1. The van der Waals surface area contributed by atoms with Gasteiger partial charge in [-0.3, -0.25) is 5.21 Å². The van der Waals surface area contributed by atoms with Crippen molar-refractivity contribution in [2.45, 2.75) is 12.3 Å². The fraction of sp³-hybridized carbons (Fsp3) is 0.286. The number of urea groups is 1. The van der Waals surface area contributed by atoms with Gasteiger partial charge in [0.25, 0.3) is 5.19 Å². The molecule has 2 aromatic rings. The molecule has 0 aliphatic heterocycles. The van der Waals surface area contributed by atoms with Gasteiger partial charge in [0.15, 0.2) is 0 Å². The predicted molar refractivity (Wildman–Crippen MR) is 77.6 cm³/mol. The molecule has 0 spiro atoms. The molecule has 110 valence electrons. The molecule has 2 atom stereocenters. The van der Waals surface area contributed by atoms with E-state index in [9.17, 15) is 10.0 Å². The normalized spacial score (nSPS) is 20.0. The molecule has 1 aromatic heterocycles. The number of thiazole rings is 1. The summed E-state index contributed by atoms with van der Waals surface area (Å²) in [6, 6.07) is 6.98. The quantitative estimate of drug-likeness (QED) is 0.656. The molecule has 1 heterocycles. The first-order chi connectivity index (χ1) is 10.1. The summed E-state index contributed by atoms with van der Waals surface area (Å²) in [4.78, 5) is 14.9. The third kappa shape index (κ3) is 3.32. The van der Waals surface area contributed by atoms with E-state index in [-0.39, 0.29) is 12.5 Å². The number of ether oxygens (including phenoxy) is 1. The monoisotopic (exact) mass is 305 g/mol. The second-order valence-corrected chi connectivity index (χ2v) is 5.85. The van der Waals surface area contributed by atoms with Crippen LogP contribution in [0.15, 0.2) is 35.8 Å². The highest BCUT2D eigenvalue weighted by Gasteiger charge is 2.40. The lowest BCUT2D eigenvalue weighted by molar-refractivity contribution is -0.0431. The number of amides is 2. The standard InChI is InChI=1S/C14H15N3O3S/c15-13(18)17(19)8-10-7-12(10)9-2-1-3-11(6-9)20-14-16-4-5-21-14/h1-6,10,12,19H,7-8H2,(H2,15,18)/t10-,12-/m0/s1. The first kappa shape index (κ1) is 13.8. The van der Waals surface area contributed by atoms with E-state index in [4.69, 9.17) is 10.5 Å². The molecule has 2 amide bonds. The first-order valence-electron chi connectivity index (χ1n) is 6.56. The predicted octanol–water partition coefficient (Wildman–Crippen LogP) is 2.81. The van der Waals surface area contributed by atoms with Crippen LogP contribution in [0.3, 0.4) is 0 Å². The number of carbonyl (C=O) groups is 1. The Morgan fingerprint density at radius 2 is 2.43 bits per heavy atom. The van der Waals surface area contributed by atoms with Crippen molar-refractivity contribution in [3.63, 3.8) is 0 Å². The number of rotatable bonds is 5. The summed E-state index contributed by atoms with van der Waals surface area (Å²) in [5, 5.41) is 12.4. The Labute approximate surface area is 125 Å². The summed E-state index contributed by atoms with van der Waals surface area (Å²) in [5.74, 6) is 1.29. The number of hydroxylamine groups is 2. The number of nitrogens with two attached hydrogens (primary N) is 1. The Balaban J connectivity index is 1.63. The summed E-state index contributed by atoms with van der Waals surface area (Å²) in [7, 11) is 0. The number of aromatic nitrogens is 1. The smallest absolute Gasteiger partial charge is 0.338 e. The molecular formula is C14H15N3O3S. The van der Waals surface area contributed by atoms with Crippen LogP contribution >= 0.6 is 11.3 Å². The van der Waals surface area contributed by atoms with Crippen molar-refractivity contribution < 1.29 is 14.7 Å². The number of primary amides is 1. The summed E-state index contributed by atoms with van der Waals surface area (Å²) in [5.41, 5.74) is 6.14. The molecule has 0 unspecified atom stereocenters. The second-order valence-electron chi connectivity index (χ2n) is 5.00. The van der Waals surface area contributed by atoms with Crippen molar-refractivity contribution >= 4 is 17.4 Å². The molecule has 21 heavy (non-hydrogen) atoms. The molecule has 1 aliphatic rings. The SMILES string of the molecule is NC(=O)N(O)C[C@@H]1C[C@H]1c1cccc(Oc2nccs2)c1. The average Bonchev–Trinajstić information content (AvgIpc) is 3.04. The maximum atomic E-state index is 10.8. The number of benzene rings is 1. The van der Waals surface area contributed by atoms with E-state index in [0.717, 1.165) is 17.7 Å². The van der Waals surface area contributed by atoms with Crippen LogP contribution in [-0.2, 0) is 0 Å². The van der Waals surface area contributed by atoms with Crippen LogP contribution in [-0.4, -0.2) is 27.8 Å². The maximum absolute atomic E-state index is 10.8. The van der Waals surface area contributed by atoms with Gasteiger partial charge in [-0.25, -0.2) is 14.8 Å². The van der Waals surface area contributed by atoms with Gasteiger partial charge in [-0.2, -0.15) is 0 Å². The maximum Gasteiger partial charge on any atom is 0.338 e. The lowest BCUT2D eigenvalue weighted by Crippen LogP contribution is -2.34. The largest absolute Gasteiger partial charge is 0.431 e. The van der Waals surface area contributed by atoms with Gasteiger partial charge in [0.2, 0.25) is 0 Å². The zero-order chi connectivity index (χ0) is 14.8. The zero-order valence-electron chi connectivity index (χ0n) is 11.2. The van der Waals surface area contributed by atoms with Crippen LogP contribution in [0.1, 0.15) is 17.9 Å². The van der Waals surface area contributed by atoms with Crippen LogP contribution < -0.4 is 10.5 Å². The van der Waals surface area contributed by atoms with Crippen molar-refractivity contribution in [3.8, 4) is 10.9 Å². The number of nitrogens with zero attached hydrogens (tertiary/aromatic N) is 2. The summed E-state index contributed by atoms with van der Waals surface area (Å²) < 4.78 is 5.67. The topological polar surface area (TPSA) is 88.7 Å². The average molecular weight is 305 g/mol. The fourth-order valence-electron chi connectivity index (χ4n) is 2.34. The Morgan fingerprint density at radius 1 is 1.57 bits per heavy atom. The molecule has 6 nitrogen and oxygen atoms in total. The molecular weight excluding hydrogens is 290 g/mol. The molecule has 1 saturated carbocycles. The Morgan fingerprint density at radius 3 is 3.14 bits per heavy atom. The molecule has 3 N–H and O–H groups in total. The van der Waals surface area contributed by atoms with Crippen molar-refractivity contribution in [1.82, 2.24) is 10.0 Å². The fourth-order valence-corrected chi connectivity index (χ4v) is 2.84. The molecule has 1 fully saturated rings. The van der Waals surface area contributed by atoms with Gasteiger partial charge in [-0.15, -0.1) is 0 Å². The Hall–Kier alpha value is -2.12. The van der Waals surface area contributed by atoms with Crippen molar-refractivity contribution in [2.24, 2.45) is 11.7 Å². The van der Waals surface area contributed by atoms with Gasteiger partial charge in [-0.05, 0) is 36.0 Å². The Kier molecular flexibility index (Phi) is 3.76. The number of hydrogen-bond acceptors (Lipinski definition) is 5. The van der Waals surface area contributed by atoms with E-state index in [1.165, 1.54) is 11.3 Å². The van der Waals surface area contributed by atoms with Crippen LogP contribution in [0.4, 0.5) is 4.79 Å². The molecule has 7 heteroatoms. The van der Waals surface area contributed by atoms with E-state index in [0.29, 0.717) is 16.2 Å². The van der Waals surface area contributed by atoms with E-state index >= 15 is 0 Å². The minimum atomic E-state index is -0.818. The highest BCUT2D eigenvalue weighted by atomic mass is 32.1. The highest BCUT2D eigenvalue weighted by molar-refractivity contribution is 7.11. The van der Waals surface area contributed by atoms with Crippen molar-refractivity contribution in [3.05, 3.63) is 41.4 Å². The van der Waals surface area contributed by atoms with Gasteiger partial charge in [0.05, 0.1) is 6.54 Å². The summed E-state index contributed by atoms with van der Waals surface area (Å²) in [6.45, 7) is 0.261. The van der Waals surface area contributed by atoms with Gasteiger partial charge in [0.1, 0.15) is 5.75 Å². The van der Waals surface area contributed by atoms with Crippen molar-refractivity contribution in [2.75, 3.05) is 6.54 Å². The van der Waals surface area contributed by atoms with Gasteiger partial charge < -0.3 is 10.5 Å². The van der Waals surface area contributed by atoms with E-state index < -0.39 is 6.03 Å². The number of carbonyl (C=O) groups excluding carboxylic acids is 1. The molecule has 3 rings (SSSR count). The second kappa shape index (κ2) is 5.71. The van der Waals surface area contributed by atoms with Gasteiger partial charge >= 0.3 is 6.03 Å². The van der Waals surface area contributed by atoms with Crippen LogP contribution in [0, 0.1) is 5.92 Å². The molecule has 0 bridgehead atoms. The lowest BCUT2D eigenvalue weighted by Gasteiger charge is -2.11. The minimum Gasteiger partial charge on any atom is -0.431 e. The van der Waals surface area contributed by atoms with E-state index in [1.807, 2.05) is 29.6 Å². The molecule has 1 aromatic carbocycles. The van der Waals surface area contributed by atoms with E-state index in [2.05, 4.69) is 4.98 Å². The van der Waals surface area contributed by atoms with E-state index in [1.54, 1.807) is 6.20 Å². The highest BCUT2D eigenvalue weighted by Crippen LogP contribution is 2.48. The zero-order valence-corrected chi connectivity index (χ0v) is 12.0. The van der Waals surface area contributed by atoms with Crippen LogP contribution in [0.2, 0.25) is 0 Å². The Bertz CT molecular complexity index is 632. The summed E-state index contributed by atoms with van der Waals surface area (Å²) in [6.07, 6.45) is 2.62. The third-order valence-corrected chi connectivity index (χ3v) is 4.13. The first-order valence-corrected chi connectivity index (χ1v) is 7.44.